The lowest BCUT2D eigenvalue weighted by molar-refractivity contribution is -0.135. The molecule has 2 rings (SSSR count). The minimum atomic E-state index is -0.932. The van der Waals surface area contributed by atoms with Crippen LogP contribution in [0.25, 0.3) is 0 Å². The molecule has 1 aliphatic rings. The highest BCUT2D eigenvalue weighted by molar-refractivity contribution is 6.36. The lowest BCUT2D eigenvalue weighted by Gasteiger charge is -2.02. The number of benzene rings is 1. The van der Waals surface area contributed by atoms with E-state index in [2.05, 4.69) is 9.98 Å². The van der Waals surface area contributed by atoms with Gasteiger partial charge in [-0.3, -0.25) is 9.59 Å². The molecule has 0 spiro atoms. The summed E-state index contributed by atoms with van der Waals surface area (Å²) < 4.78 is 4.80. The topological polar surface area (TPSA) is 85.2 Å². The highest BCUT2D eigenvalue weighted by Gasteiger charge is 2.16. The van der Waals surface area contributed by atoms with Crippen LogP contribution < -0.4 is 10.7 Å². The molecule has 0 fully saturated rings. The van der Waals surface area contributed by atoms with Gasteiger partial charge in [-0.25, -0.2) is 14.8 Å². The summed E-state index contributed by atoms with van der Waals surface area (Å²) in [6.07, 6.45) is 0. The van der Waals surface area contributed by atoms with Crippen LogP contribution in [-0.4, -0.2) is 24.4 Å². The molecule has 0 bridgehead atoms. The molecular formula is C11H8N2O4. The van der Waals surface area contributed by atoms with Crippen LogP contribution in [0.5, 0.6) is 0 Å². The van der Waals surface area contributed by atoms with E-state index < -0.39 is 17.8 Å². The van der Waals surface area contributed by atoms with Gasteiger partial charge < -0.3 is 4.74 Å². The van der Waals surface area contributed by atoms with Crippen LogP contribution in [0.15, 0.2) is 28.2 Å². The molecule has 1 aliphatic heterocycles. The molecule has 17 heavy (non-hydrogen) atoms. The zero-order valence-electron chi connectivity index (χ0n) is 8.97. The van der Waals surface area contributed by atoms with Crippen LogP contribution >= 0.6 is 0 Å². The number of nitrogens with zero attached hydrogens (tertiary/aromatic N) is 2. The summed E-state index contributed by atoms with van der Waals surface area (Å²) in [6.45, 7) is 1.95. The second-order valence-corrected chi connectivity index (χ2v) is 3.26. The van der Waals surface area contributed by atoms with Gasteiger partial charge in [0.1, 0.15) is 0 Å². The largest absolute Gasteiger partial charge is 0.462 e. The minimum Gasteiger partial charge on any atom is -0.462 e. The van der Waals surface area contributed by atoms with Gasteiger partial charge in [0.2, 0.25) is 0 Å². The summed E-state index contributed by atoms with van der Waals surface area (Å²) >= 11 is 0. The fraction of sp³-hybridized carbons (Fsp3) is 0.182. The first-order valence-corrected chi connectivity index (χ1v) is 4.94. The van der Waals surface area contributed by atoms with E-state index in [9.17, 15) is 14.4 Å². The number of esters is 1. The van der Waals surface area contributed by atoms with Gasteiger partial charge in [-0.1, -0.05) is 0 Å². The molecule has 0 aliphatic carbocycles. The zero-order valence-corrected chi connectivity index (χ0v) is 8.97. The Hall–Kier alpha value is -2.37. The second-order valence-electron chi connectivity index (χ2n) is 3.26. The van der Waals surface area contributed by atoms with Gasteiger partial charge in [-0.2, -0.15) is 0 Å². The molecule has 0 radical (unpaired) electrons. The molecule has 1 heterocycles. The van der Waals surface area contributed by atoms with E-state index in [4.69, 9.17) is 4.74 Å². The predicted molar refractivity (Wildman–Crippen MR) is 54.7 cm³/mol. The number of fused-ring (bicyclic) bond motifs is 1. The van der Waals surface area contributed by atoms with Crippen LogP contribution in [0.4, 0.5) is 0 Å². The van der Waals surface area contributed by atoms with Crippen molar-refractivity contribution >= 4 is 17.8 Å². The number of carbonyl (C=O) groups is 3. The van der Waals surface area contributed by atoms with E-state index in [1.54, 1.807) is 6.92 Å². The van der Waals surface area contributed by atoms with Crippen LogP contribution in [-0.2, 0) is 14.3 Å². The molecule has 0 unspecified atom stereocenters. The third-order valence-electron chi connectivity index (χ3n) is 2.11. The Morgan fingerprint density at radius 3 is 2.47 bits per heavy atom. The van der Waals surface area contributed by atoms with Gasteiger partial charge in [0.15, 0.2) is 0 Å². The summed E-state index contributed by atoms with van der Waals surface area (Å²) in [7, 11) is 0. The van der Waals surface area contributed by atoms with Gasteiger partial charge in [0.25, 0.3) is 0 Å². The van der Waals surface area contributed by atoms with Crippen molar-refractivity contribution in [2.45, 2.75) is 6.92 Å². The molecule has 1 aromatic carbocycles. The van der Waals surface area contributed by atoms with Crippen molar-refractivity contribution in [3.8, 4) is 0 Å². The second kappa shape index (κ2) is 4.25. The van der Waals surface area contributed by atoms with Crippen molar-refractivity contribution in [2.75, 3.05) is 6.61 Å². The summed E-state index contributed by atoms with van der Waals surface area (Å²) in [5.41, 5.74) is 0.270. The maximum Gasteiger partial charge on any atom is 0.338 e. The quantitative estimate of drug-likeness (QED) is 0.492. The van der Waals surface area contributed by atoms with Crippen molar-refractivity contribution in [3.05, 3.63) is 34.5 Å². The summed E-state index contributed by atoms with van der Waals surface area (Å²) in [5.74, 6) is -2.34. The Labute approximate surface area is 95.6 Å². The smallest absolute Gasteiger partial charge is 0.338 e. The van der Waals surface area contributed by atoms with E-state index in [1.807, 2.05) is 0 Å². The minimum absolute atomic E-state index is 0.208. The number of rotatable bonds is 2. The average molecular weight is 232 g/mol. The van der Waals surface area contributed by atoms with Crippen molar-refractivity contribution in [1.82, 2.24) is 0 Å². The summed E-state index contributed by atoms with van der Waals surface area (Å²) in [5, 5.41) is 0.489. The van der Waals surface area contributed by atoms with Crippen LogP contribution in [0, 0.1) is 0 Å². The van der Waals surface area contributed by atoms with Gasteiger partial charge in [0.05, 0.1) is 22.9 Å². The van der Waals surface area contributed by atoms with Crippen molar-refractivity contribution in [3.63, 3.8) is 0 Å². The summed E-state index contributed by atoms with van der Waals surface area (Å²) in [6, 6.07) is 4.30. The van der Waals surface area contributed by atoms with Crippen LogP contribution in [0.1, 0.15) is 17.3 Å². The van der Waals surface area contributed by atoms with E-state index >= 15 is 0 Å². The Morgan fingerprint density at radius 2 is 1.82 bits per heavy atom. The number of hydrogen-bond acceptors (Lipinski definition) is 4. The fourth-order valence-electron chi connectivity index (χ4n) is 1.36. The molecule has 6 nitrogen and oxygen atoms in total. The number of ether oxygens (including phenoxy) is 1. The SMILES string of the molecule is CCOC(=O)c1ccc2c(c1)=NC(=O)C(=O)N=2. The Morgan fingerprint density at radius 1 is 1.18 bits per heavy atom. The summed E-state index contributed by atoms with van der Waals surface area (Å²) in [4.78, 5) is 40.5. The molecule has 6 heteroatoms. The molecule has 0 N–H and O–H groups in total. The monoisotopic (exact) mass is 232 g/mol. The zero-order chi connectivity index (χ0) is 12.4. The lowest BCUT2D eigenvalue weighted by atomic mass is 10.2. The van der Waals surface area contributed by atoms with Crippen LogP contribution in [0.2, 0.25) is 0 Å². The normalized spacial score (nSPS) is 13.5. The van der Waals surface area contributed by atoms with Gasteiger partial charge in [-0.05, 0) is 25.1 Å². The molecule has 0 saturated carbocycles. The molecule has 0 aromatic heterocycles. The first-order chi connectivity index (χ1) is 8.11. The molecule has 0 atom stereocenters. The molecule has 2 amide bonds. The first-order valence-electron chi connectivity index (χ1n) is 4.94. The fourth-order valence-corrected chi connectivity index (χ4v) is 1.36. The van der Waals surface area contributed by atoms with Crippen LogP contribution in [0.3, 0.4) is 0 Å². The standard InChI is InChI=1S/C11H8N2O4/c1-2-17-11(16)6-3-4-7-8(5-6)13-10(15)9(14)12-7/h3-5H,2H2,1H3. The molecule has 0 saturated heterocycles. The number of carbonyl (C=O) groups excluding carboxylic acids is 3. The lowest BCUT2D eigenvalue weighted by Crippen LogP contribution is -2.35. The highest BCUT2D eigenvalue weighted by atomic mass is 16.5. The van der Waals surface area contributed by atoms with Gasteiger partial charge >= 0.3 is 17.8 Å². The van der Waals surface area contributed by atoms with E-state index in [-0.39, 0.29) is 22.9 Å². The maximum atomic E-state index is 11.4. The van der Waals surface area contributed by atoms with Gasteiger partial charge in [-0.15, -0.1) is 0 Å². The molecule has 86 valence electrons. The first kappa shape index (κ1) is 11.1. The number of amides is 2. The Bertz CT molecular complexity index is 633. The van der Waals surface area contributed by atoms with Crippen molar-refractivity contribution < 1.29 is 19.1 Å². The number of hydrogen-bond donors (Lipinski definition) is 0. The van der Waals surface area contributed by atoms with Crippen molar-refractivity contribution in [1.29, 1.82) is 0 Å². The molecule has 1 aromatic rings. The Kier molecular flexibility index (Phi) is 2.78. The highest BCUT2D eigenvalue weighted by Crippen LogP contribution is 1.97. The third kappa shape index (κ3) is 2.10. The van der Waals surface area contributed by atoms with Crippen molar-refractivity contribution in [2.24, 2.45) is 9.98 Å². The van der Waals surface area contributed by atoms with E-state index in [0.717, 1.165) is 0 Å². The Balaban J connectivity index is 2.53. The third-order valence-corrected chi connectivity index (χ3v) is 2.11. The molecular weight excluding hydrogens is 224 g/mol. The predicted octanol–water partition coefficient (Wildman–Crippen LogP) is -0.831. The van der Waals surface area contributed by atoms with E-state index in [0.29, 0.717) is 0 Å². The average Bonchev–Trinajstić information content (AvgIpc) is 2.30. The van der Waals surface area contributed by atoms with Gasteiger partial charge in [0, 0.05) is 0 Å². The maximum absolute atomic E-state index is 11.4. The van der Waals surface area contributed by atoms with E-state index in [1.165, 1.54) is 18.2 Å².